The molecule has 108 valence electrons. The van der Waals surface area contributed by atoms with Crippen molar-refractivity contribution in [2.24, 2.45) is 0 Å². The van der Waals surface area contributed by atoms with E-state index in [1.165, 1.54) is 32.0 Å². The van der Waals surface area contributed by atoms with Gasteiger partial charge in [0.1, 0.15) is 5.82 Å². The molecule has 0 spiro atoms. The first-order valence-electron chi connectivity index (χ1n) is 7.19. The lowest BCUT2D eigenvalue weighted by atomic mass is 10.1. The summed E-state index contributed by atoms with van der Waals surface area (Å²) in [7, 11) is 0. The minimum atomic E-state index is -0.168. The predicted molar refractivity (Wildman–Crippen MR) is 83.6 cm³/mol. The van der Waals surface area contributed by atoms with Crippen molar-refractivity contribution in [2.45, 2.75) is 26.7 Å². The van der Waals surface area contributed by atoms with E-state index in [2.05, 4.69) is 16.5 Å². The molecule has 0 unspecified atom stereocenters. The molecule has 2 nitrogen and oxygen atoms in total. The topological polar surface area (TPSA) is 19.0 Å². The summed E-state index contributed by atoms with van der Waals surface area (Å²) in [6.07, 6.45) is 6.57. The summed E-state index contributed by atoms with van der Waals surface area (Å²) >= 11 is 0. The molecule has 1 aliphatic heterocycles. The number of halogens is 1. The largest absolute Gasteiger partial charge is 0.359 e. The molecule has 20 heavy (non-hydrogen) atoms. The van der Waals surface area contributed by atoms with Crippen molar-refractivity contribution in [1.29, 1.82) is 0 Å². The van der Waals surface area contributed by atoms with Crippen molar-refractivity contribution < 1.29 is 4.39 Å². The summed E-state index contributed by atoms with van der Waals surface area (Å²) < 4.78 is 13.2. The van der Waals surface area contributed by atoms with E-state index in [1.807, 2.05) is 32.2 Å². The van der Waals surface area contributed by atoms with Crippen molar-refractivity contribution >= 4 is 10.9 Å². The number of nitrogens with one attached hydrogen (secondary N) is 1. The minimum Gasteiger partial charge on any atom is -0.359 e. The summed E-state index contributed by atoms with van der Waals surface area (Å²) in [5.41, 5.74) is 2.66. The third kappa shape index (κ3) is 3.48. The number of likely N-dealkylation sites (tertiary alicyclic amines) is 1. The van der Waals surface area contributed by atoms with E-state index >= 15 is 0 Å². The zero-order valence-corrected chi connectivity index (χ0v) is 12.4. The summed E-state index contributed by atoms with van der Waals surface area (Å²) in [6, 6.07) is 3.53. The van der Waals surface area contributed by atoms with Gasteiger partial charge in [-0.25, -0.2) is 4.39 Å². The Labute approximate surface area is 120 Å². The number of H-pyrrole nitrogens is 1. The van der Waals surface area contributed by atoms with Crippen molar-refractivity contribution in [3.63, 3.8) is 0 Å². The van der Waals surface area contributed by atoms with Crippen molar-refractivity contribution in [3.8, 4) is 0 Å². The molecule has 1 aromatic carbocycles. The zero-order valence-electron chi connectivity index (χ0n) is 12.4. The van der Waals surface area contributed by atoms with E-state index in [0.29, 0.717) is 5.52 Å². The van der Waals surface area contributed by atoms with Gasteiger partial charge in [0, 0.05) is 18.1 Å². The Morgan fingerprint density at radius 1 is 1.30 bits per heavy atom. The van der Waals surface area contributed by atoms with E-state index in [0.717, 1.165) is 23.1 Å². The molecular formula is C17H23FN2. The maximum Gasteiger partial charge on any atom is 0.147 e. The van der Waals surface area contributed by atoms with Gasteiger partial charge in [-0.1, -0.05) is 6.08 Å². The molecule has 0 radical (unpaired) electrons. The van der Waals surface area contributed by atoms with Crippen molar-refractivity contribution in [1.82, 2.24) is 9.88 Å². The Bertz CT molecular complexity index is 580. The highest BCUT2D eigenvalue weighted by Crippen LogP contribution is 2.21. The van der Waals surface area contributed by atoms with Gasteiger partial charge in [0.25, 0.3) is 0 Å². The Balaban J connectivity index is 0.000000160. The van der Waals surface area contributed by atoms with Crippen LogP contribution < -0.4 is 0 Å². The van der Waals surface area contributed by atoms with E-state index in [1.54, 1.807) is 0 Å². The van der Waals surface area contributed by atoms with Crippen LogP contribution in [0.4, 0.5) is 4.39 Å². The van der Waals surface area contributed by atoms with E-state index < -0.39 is 0 Å². The SMILES string of the molecule is C=CCN1CCCC1.Cc1cc(F)c2[nH]cc(C)c2c1. The lowest BCUT2D eigenvalue weighted by molar-refractivity contribution is 0.377. The van der Waals surface area contributed by atoms with Crippen LogP contribution in [0.25, 0.3) is 10.9 Å². The lowest BCUT2D eigenvalue weighted by Crippen LogP contribution is -2.18. The molecule has 2 aromatic rings. The summed E-state index contributed by atoms with van der Waals surface area (Å²) in [6.45, 7) is 11.2. The average Bonchev–Trinajstić information content (AvgIpc) is 3.02. The van der Waals surface area contributed by atoms with Crippen LogP contribution in [-0.2, 0) is 0 Å². The van der Waals surface area contributed by atoms with Gasteiger partial charge in [-0.3, -0.25) is 4.90 Å². The van der Waals surface area contributed by atoms with Gasteiger partial charge < -0.3 is 4.98 Å². The normalized spacial score (nSPS) is 15.2. The first kappa shape index (κ1) is 14.8. The second-order valence-corrected chi connectivity index (χ2v) is 5.44. The van der Waals surface area contributed by atoms with Crippen LogP contribution in [-0.4, -0.2) is 29.5 Å². The summed E-state index contributed by atoms with van der Waals surface area (Å²) in [4.78, 5) is 5.33. The highest BCUT2D eigenvalue weighted by atomic mass is 19.1. The molecular weight excluding hydrogens is 251 g/mol. The van der Waals surface area contributed by atoms with Crippen LogP contribution in [0.15, 0.2) is 31.0 Å². The highest BCUT2D eigenvalue weighted by molar-refractivity contribution is 5.84. The number of fused-ring (bicyclic) bond motifs is 1. The van der Waals surface area contributed by atoms with Crippen LogP contribution in [0.1, 0.15) is 24.0 Å². The Kier molecular flexibility index (Phi) is 4.96. The summed E-state index contributed by atoms with van der Waals surface area (Å²) in [5.74, 6) is -0.168. The predicted octanol–water partition coefficient (Wildman–Crippen LogP) is 4.19. The number of benzene rings is 1. The zero-order chi connectivity index (χ0) is 14.5. The fraction of sp³-hybridized carbons (Fsp3) is 0.412. The molecule has 1 aliphatic rings. The highest BCUT2D eigenvalue weighted by Gasteiger charge is 2.07. The molecule has 0 atom stereocenters. The molecule has 0 aliphatic carbocycles. The van der Waals surface area contributed by atoms with Crippen LogP contribution in [0.2, 0.25) is 0 Å². The fourth-order valence-electron chi connectivity index (χ4n) is 2.61. The lowest BCUT2D eigenvalue weighted by Gasteiger charge is -2.09. The van der Waals surface area contributed by atoms with Crippen molar-refractivity contribution in [3.05, 3.63) is 47.9 Å². The number of aromatic amines is 1. The fourth-order valence-corrected chi connectivity index (χ4v) is 2.61. The van der Waals surface area contributed by atoms with Gasteiger partial charge in [0.05, 0.1) is 5.52 Å². The molecule has 1 N–H and O–H groups in total. The van der Waals surface area contributed by atoms with Gasteiger partial charge in [-0.05, 0) is 63.0 Å². The molecule has 0 amide bonds. The average molecular weight is 274 g/mol. The smallest absolute Gasteiger partial charge is 0.147 e. The van der Waals surface area contributed by atoms with Gasteiger partial charge in [-0.2, -0.15) is 0 Å². The van der Waals surface area contributed by atoms with Crippen LogP contribution in [0, 0.1) is 19.7 Å². The number of aryl methyl sites for hydroxylation is 2. The Morgan fingerprint density at radius 2 is 2.00 bits per heavy atom. The molecule has 1 aromatic heterocycles. The number of rotatable bonds is 2. The maximum absolute atomic E-state index is 13.2. The van der Waals surface area contributed by atoms with Crippen LogP contribution in [0.5, 0.6) is 0 Å². The van der Waals surface area contributed by atoms with Gasteiger partial charge in [-0.15, -0.1) is 6.58 Å². The molecule has 3 rings (SSSR count). The van der Waals surface area contributed by atoms with Crippen LogP contribution >= 0.6 is 0 Å². The Morgan fingerprint density at radius 3 is 2.65 bits per heavy atom. The minimum absolute atomic E-state index is 0.168. The second kappa shape index (κ2) is 6.71. The van der Waals surface area contributed by atoms with Gasteiger partial charge >= 0.3 is 0 Å². The maximum atomic E-state index is 13.2. The third-order valence-corrected chi connectivity index (χ3v) is 3.68. The molecule has 2 heterocycles. The van der Waals surface area contributed by atoms with E-state index in [4.69, 9.17) is 0 Å². The van der Waals surface area contributed by atoms with Crippen LogP contribution in [0.3, 0.4) is 0 Å². The number of hydrogen-bond acceptors (Lipinski definition) is 1. The second-order valence-electron chi connectivity index (χ2n) is 5.44. The molecule has 0 saturated carbocycles. The number of nitrogens with zero attached hydrogens (tertiary/aromatic N) is 1. The Hall–Kier alpha value is -1.61. The molecule has 1 fully saturated rings. The molecule has 3 heteroatoms. The third-order valence-electron chi connectivity index (χ3n) is 3.68. The van der Waals surface area contributed by atoms with Crippen molar-refractivity contribution in [2.75, 3.05) is 19.6 Å². The van der Waals surface area contributed by atoms with E-state index in [-0.39, 0.29) is 5.82 Å². The monoisotopic (exact) mass is 274 g/mol. The first-order chi connectivity index (χ1) is 9.61. The standard InChI is InChI=1S/C10H10FN.C7H13N/c1-6-3-8-7(2)5-12-10(8)9(11)4-6;1-2-5-8-6-3-4-7-8/h3-5,12H,1-2H3;2H,1,3-7H2. The summed E-state index contributed by atoms with van der Waals surface area (Å²) in [5, 5.41) is 0.979. The molecule has 1 saturated heterocycles. The van der Waals surface area contributed by atoms with E-state index in [9.17, 15) is 4.39 Å². The quantitative estimate of drug-likeness (QED) is 0.813. The number of aromatic nitrogens is 1. The molecule has 0 bridgehead atoms. The van der Waals surface area contributed by atoms with Gasteiger partial charge in [0.15, 0.2) is 0 Å². The van der Waals surface area contributed by atoms with Gasteiger partial charge in [0.2, 0.25) is 0 Å². The number of hydrogen-bond donors (Lipinski definition) is 1. The first-order valence-corrected chi connectivity index (χ1v) is 7.19.